The lowest BCUT2D eigenvalue weighted by Gasteiger charge is -2.09. The van der Waals surface area contributed by atoms with Crippen LogP contribution in [0.25, 0.3) is 10.9 Å². The first-order valence-electron chi connectivity index (χ1n) is 8.47. The SMILES string of the molecule is COc1cc2ncnc(N=C(c3ccccc3)c3ccccc3)c2cc1O. The van der Waals surface area contributed by atoms with Crippen LogP contribution in [0.2, 0.25) is 0 Å². The molecule has 0 radical (unpaired) electrons. The van der Waals surface area contributed by atoms with Crippen LogP contribution in [-0.4, -0.2) is 27.9 Å². The summed E-state index contributed by atoms with van der Waals surface area (Å²) in [5.41, 5.74) is 3.41. The molecule has 0 atom stereocenters. The highest BCUT2D eigenvalue weighted by Gasteiger charge is 2.12. The number of ether oxygens (including phenoxy) is 1. The number of phenols is 1. The van der Waals surface area contributed by atoms with Crippen molar-refractivity contribution in [2.24, 2.45) is 4.99 Å². The second kappa shape index (κ2) is 7.25. The third-order valence-electron chi connectivity index (χ3n) is 4.23. The topological polar surface area (TPSA) is 67.6 Å². The van der Waals surface area contributed by atoms with Crippen LogP contribution >= 0.6 is 0 Å². The molecule has 0 fully saturated rings. The molecule has 27 heavy (non-hydrogen) atoms. The molecule has 0 unspecified atom stereocenters. The van der Waals surface area contributed by atoms with Gasteiger partial charge in [0.2, 0.25) is 0 Å². The van der Waals surface area contributed by atoms with Gasteiger partial charge in [-0.25, -0.2) is 15.0 Å². The zero-order chi connectivity index (χ0) is 18.6. The van der Waals surface area contributed by atoms with Gasteiger partial charge in [0.05, 0.1) is 18.3 Å². The van der Waals surface area contributed by atoms with Crippen LogP contribution in [0.15, 0.2) is 84.1 Å². The Hall–Kier alpha value is -3.73. The number of methoxy groups -OCH3 is 1. The van der Waals surface area contributed by atoms with E-state index in [0.29, 0.717) is 22.5 Å². The Morgan fingerprint density at radius 3 is 2.11 bits per heavy atom. The fourth-order valence-corrected chi connectivity index (χ4v) is 2.91. The highest BCUT2D eigenvalue weighted by molar-refractivity contribution is 6.14. The highest BCUT2D eigenvalue weighted by Crippen LogP contribution is 2.34. The van der Waals surface area contributed by atoms with E-state index in [2.05, 4.69) is 9.97 Å². The van der Waals surface area contributed by atoms with Gasteiger partial charge in [-0.1, -0.05) is 60.7 Å². The van der Waals surface area contributed by atoms with E-state index in [1.165, 1.54) is 13.4 Å². The summed E-state index contributed by atoms with van der Waals surface area (Å²) in [6.07, 6.45) is 1.46. The monoisotopic (exact) mass is 355 g/mol. The van der Waals surface area contributed by atoms with Crippen LogP contribution in [0.5, 0.6) is 11.5 Å². The van der Waals surface area contributed by atoms with E-state index in [1.54, 1.807) is 12.1 Å². The van der Waals surface area contributed by atoms with Gasteiger partial charge < -0.3 is 9.84 Å². The van der Waals surface area contributed by atoms with E-state index < -0.39 is 0 Å². The molecule has 0 amide bonds. The third kappa shape index (κ3) is 3.35. The van der Waals surface area contributed by atoms with Crippen molar-refractivity contribution in [3.63, 3.8) is 0 Å². The summed E-state index contributed by atoms with van der Waals surface area (Å²) in [7, 11) is 1.50. The van der Waals surface area contributed by atoms with Crippen molar-refractivity contribution < 1.29 is 9.84 Å². The van der Waals surface area contributed by atoms with E-state index in [0.717, 1.165) is 16.8 Å². The molecule has 1 aromatic heterocycles. The predicted molar refractivity (Wildman–Crippen MR) is 106 cm³/mol. The minimum atomic E-state index is 0.0252. The summed E-state index contributed by atoms with van der Waals surface area (Å²) in [6, 6.07) is 23.1. The minimum absolute atomic E-state index is 0.0252. The maximum absolute atomic E-state index is 10.2. The molecular weight excluding hydrogens is 338 g/mol. The van der Waals surface area contributed by atoms with Crippen LogP contribution in [0, 0.1) is 0 Å². The van der Waals surface area contributed by atoms with Crippen molar-refractivity contribution >= 4 is 22.4 Å². The number of aromatic hydroxyl groups is 1. The molecule has 132 valence electrons. The summed E-state index contributed by atoms with van der Waals surface area (Å²) in [5, 5.41) is 10.8. The Kier molecular flexibility index (Phi) is 4.49. The smallest absolute Gasteiger partial charge is 0.163 e. The molecule has 1 heterocycles. The second-order valence-electron chi connectivity index (χ2n) is 5.93. The Morgan fingerprint density at radius 1 is 0.889 bits per heavy atom. The maximum atomic E-state index is 10.2. The molecule has 0 aliphatic carbocycles. The number of fused-ring (bicyclic) bond motifs is 1. The fourth-order valence-electron chi connectivity index (χ4n) is 2.91. The number of nitrogens with zero attached hydrogens (tertiary/aromatic N) is 3. The predicted octanol–water partition coefficient (Wildman–Crippen LogP) is 4.51. The van der Waals surface area contributed by atoms with Gasteiger partial charge in [0, 0.05) is 22.6 Å². The van der Waals surface area contributed by atoms with Crippen molar-refractivity contribution in [2.45, 2.75) is 0 Å². The molecule has 1 N–H and O–H groups in total. The van der Waals surface area contributed by atoms with Crippen molar-refractivity contribution in [1.82, 2.24) is 9.97 Å². The standard InChI is InChI=1S/C22H17N3O2/c1-27-20-13-18-17(12-19(20)26)22(24-14-23-18)25-21(15-8-4-2-5-9-15)16-10-6-3-7-11-16/h2-14,26H,1H3. The molecular formula is C22H17N3O2. The van der Waals surface area contributed by atoms with E-state index in [9.17, 15) is 5.11 Å². The largest absolute Gasteiger partial charge is 0.504 e. The van der Waals surface area contributed by atoms with Crippen LogP contribution in [0.3, 0.4) is 0 Å². The van der Waals surface area contributed by atoms with E-state index in [1.807, 2.05) is 60.7 Å². The normalized spacial score (nSPS) is 10.6. The first kappa shape index (κ1) is 16.7. The van der Waals surface area contributed by atoms with Crippen molar-refractivity contribution in [3.8, 4) is 11.5 Å². The number of phenolic OH excluding ortho intramolecular Hbond substituents is 1. The number of aliphatic imine (C=N–C) groups is 1. The first-order chi connectivity index (χ1) is 13.3. The van der Waals surface area contributed by atoms with Gasteiger partial charge in [0.1, 0.15) is 6.33 Å². The number of rotatable bonds is 4. The van der Waals surface area contributed by atoms with Crippen molar-refractivity contribution in [3.05, 3.63) is 90.3 Å². The molecule has 0 saturated heterocycles. The molecule has 0 spiro atoms. The van der Waals surface area contributed by atoms with E-state index >= 15 is 0 Å². The third-order valence-corrected chi connectivity index (χ3v) is 4.23. The lowest BCUT2D eigenvalue weighted by Crippen LogP contribution is -2.03. The zero-order valence-corrected chi connectivity index (χ0v) is 14.7. The molecule has 4 aromatic rings. The number of hydrogen-bond acceptors (Lipinski definition) is 5. The maximum Gasteiger partial charge on any atom is 0.163 e. The van der Waals surface area contributed by atoms with Crippen molar-refractivity contribution in [2.75, 3.05) is 7.11 Å². The fraction of sp³-hybridized carbons (Fsp3) is 0.0455. The van der Waals surface area contributed by atoms with Crippen LogP contribution in [0.1, 0.15) is 11.1 Å². The lowest BCUT2D eigenvalue weighted by molar-refractivity contribution is 0.374. The molecule has 4 rings (SSSR count). The zero-order valence-electron chi connectivity index (χ0n) is 14.7. The Balaban J connectivity index is 1.95. The highest BCUT2D eigenvalue weighted by atomic mass is 16.5. The molecule has 0 bridgehead atoms. The summed E-state index contributed by atoms with van der Waals surface area (Å²) in [5.74, 6) is 0.875. The Labute approximate surface area is 156 Å². The second-order valence-corrected chi connectivity index (χ2v) is 5.93. The van der Waals surface area contributed by atoms with Gasteiger partial charge >= 0.3 is 0 Å². The van der Waals surface area contributed by atoms with Gasteiger partial charge in [-0.2, -0.15) is 0 Å². The molecule has 0 aliphatic heterocycles. The van der Waals surface area contributed by atoms with Gasteiger partial charge in [0.25, 0.3) is 0 Å². The van der Waals surface area contributed by atoms with Gasteiger partial charge in [-0.15, -0.1) is 0 Å². The van der Waals surface area contributed by atoms with Gasteiger partial charge in [0.15, 0.2) is 17.3 Å². The summed E-state index contributed by atoms with van der Waals surface area (Å²) >= 11 is 0. The summed E-state index contributed by atoms with van der Waals surface area (Å²) < 4.78 is 5.17. The summed E-state index contributed by atoms with van der Waals surface area (Å²) in [4.78, 5) is 13.5. The van der Waals surface area contributed by atoms with Crippen LogP contribution in [0.4, 0.5) is 5.82 Å². The number of hydrogen-bond donors (Lipinski definition) is 1. The van der Waals surface area contributed by atoms with Gasteiger partial charge in [-0.05, 0) is 6.07 Å². The number of benzene rings is 3. The lowest BCUT2D eigenvalue weighted by atomic mass is 10.0. The molecule has 5 heteroatoms. The van der Waals surface area contributed by atoms with Gasteiger partial charge in [-0.3, -0.25) is 0 Å². The molecule has 3 aromatic carbocycles. The Morgan fingerprint density at radius 2 is 1.52 bits per heavy atom. The van der Waals surface area contributed by atoms with E-state index in [4.69, 9.17) is 9.73 Å². The average Bonchev–Trinajstić information content (AvgIpc) is 2.73. The van der Waals surface area contributed by atoms with Crippen molar-refractivity contribution in [1.29, 1.82) is 0 Å². The molecule has 5 nitrogen and oxygen atoms in total. The van der Waals surface area contributed by atoms with Crippen LogP contribution < -0.4 is 4.74 Å². The molecule has 0 saturated carbocycles. The van der Waals surface area contributed by atoms with E-state index in [-0.39, 0.29) is 5.75 Å². The Bertz CT molecular complexity index is 1070. The van der Waals surface area contributed by atoms with Crippen LogP contribution in [-0.2, 0) is 0 Å². The number of aromatic nitrogens is 2. The average molecular weight is 355 g/mol. The quantitative estimate of drug-likeness (QED) is 0.547. The molecule has 0 aliphatic rings. The minimum Gasteiger partial charge on any atom is -0.504 e. The summed E-state index contributed by atoms with van der Waals surface area (Å²) in [6.45, 7) is 0. The first-order valence-corrected chi connectivity index (χ1v) is 8.47.